The summed E-state index contributed by atoms with van der Waals surface area (Å²) in [7, 11) is -3.56. The van der Waals surface area contributed by atoms with E-state index < -0.39 is 22.0 Å². The lowest BCUT2D eigenvalue weighted by Gasteiger charge is -2.29. The van der Waals surface area contributed by atoms with Crippen LogP contribution in [0.5, 0.6) is 0 Å². The van der Waals surface area contributed by atoms with Crippen LogP contribution in [0.15, 0.2) is 0 Å². The van der Waals surface area contributed by atoms with Gasteiger partial charge in [-0.05, 0) is 19.8 Å². The van der Waals surface area contributed by atoms with Crippen molar-refractivity contribution in [3.63, 3.8) is 0 Å². The molecule has 1 fully saturated rings. The zero-order valence-corrected chi connectivity index (χ0v) is 12.2. The van der Waals surface area contributed by atoms with Crippen molar-refractivity contribution in [1.82, 2.24) is 4.31 Å². The Bertz CT molecular complexity index is 382. The molecule has 7 heteroatoms. The van der Waals surface area contributed by atoms with E-state index in [1.807, 2.05) is 0 Å². The average Bonchev–Trinajstić information content (AvgIpc) is 2.27. The monoisotopic (exact) mass is 293 g/mol. The molecule has 6 nitrogen and oxygen atoms in total. The van der Waals surface area contributed by atoms with Gasteiger partial charge in [-0.25, -0.2) is 8.42 Å². The highest BCUT2D eigenvalue weighted by Gasteiger charge is 2.34. The molecule has 1 heterocycles. The fourth-order valence-corrected chi connectivity index (χ4v) is 3.82. The smallest absolute Gasteiger partial charge is 0.322 e. The van der Waals surface area contributed by atoms with Crippen molar-refractivity contribution >= 4 is 16.0 Å². The molecule has 1 aliphatic heterocycles. The van der Waals surface area contributed by atoms with E-state index in [1.54, 1.807) is 6.92 Å². The Labute approximate surface area is 114 Å². The summed E-state index contributed by atoms with van der Waals surface area (Å²) >= 11 is 0. The summed E-state index contributed by atoms with van der Waals surface area (Å²) in [6.45, 7) is 2.66. The quantitative estimate of drug-likeness (QED) is 0.741. The van der Waals surface area contributed by atoms with Crippen molar-refractivity contribution in [3.05, 3.63) is 0 Å². The molecule has 0 amide bonds. The molecule has 1 N–H and O–H groups in total. The summed E-state index contributed by atoms with van der Waals surface area (Å²) in [4.78, 5) is 11.3. The Kier molecular flexibility index (Phi) is 6.74. The summed E-state index contributed by atoms with van der Waals surface area (Å²) in [5.74, 6) is -1.20. The number of sulfonamides is 1. The molecule has 0 radical (unpaired) electrons. The van der Waals surface area contributed by atoms with Gasteiger partial charge in [-0.2, -0.15) is 4.31 Å². The lowest BCUT2D eigenvalue weighted by molar-refractivity contribution is -0.141. The van der Waals surface area contributed by atoms with Gasteiger partial charge < -0.3 is 9.84 Å². The number of hydrogen-bond acceptors (Lipinski definition) is 4. The molecule has 0 aromatic heterocycles. The Morgan fingerprint density at radius 3 is 2.63 bits per heavy atom. The average molecular weight is 293 g/mol. The first-order valence-electron chi connectivity index (χ1n) is 6.79. The van der Waals surface area contributed by atoms with Crippen LogP contribution in [0.25, 0.3) is 0 Å². The highest BCUT2D eigenvalue weighted by molar-refractivity contribution is 7.89. The molecule has 19 heavy (non-hydrogen) atoms. The molecule has 1 saturated heterocycles. The van der Waals surface area contributed by atoms with Crippen molar-refractivity contribution in [2.45, 2.75) is 45.1 Å². The summed E-state index contributed by atoms with van der Waals surface area (Å²) in [6, 6.07) is -0.924. The number of rotatable bonds is 6. The Morgan fingerprint density at radius 2 is 2.00 bits per heavy atom. The second-order valence-corrected chi connectivity index (χ2v) is 6.72. The third-order valence-corrected chi connectivity index (χ3v) is 5.12. The minimum atomic E-state index is -3.56. The van der Waals surface area contributed by atoms with E-state index in [9.17, 15) is 18.3 Å². The molecule has 1 rings (SSSR count). The Balaban J connectivity index is 2.79. The normalized spacial score (nSPS) is 22.7. The number of aliphatic carboxylic acids is 1. The van der Waals surface area contributed by atoms with Gasteiger partial charge in [-0.3, -0.25) is 4.79 Å². The molecule has 0 bridgehead atoms. The first-order valence-corrected chi connectivity index (χ1v) is 8.40. The maximum Gasteiger partial charge on any atom is 0.322 e. The number of carboxylic acids is 1. The second kappa shape index (κ2) is 7.81. The molecule has 0 spiro atoms. The number of carbonyl (C=O) groups is 1. The van der Waals surface area contributed by atoms with Gasteiger partial charge in [0, 0.05) is 13.2 Å². The SMILES string of the molecule is CCOCCS(=O)(=O)N1CCCCCCC1C(=O)O. The van der Waals surface area contributed by atoms with Crippen molar-refractivity contribution in [3.8, 4) is 0 Å². The minimum Gasteiger partial charge on any atom is -0.480 e. The second-order valence-electron chi connectivity index (χ2n) is 4.68. The van der Waals surface area contributed by atoms with Gasteiger partial charge in [0.25, 0.3) is 0 Å². The van der Waals surface area contributed by atoms with Crippen molar-refractivity contribution in [1.29, 1.82) is 0 Å². The highest BCUT2D eigenvalue weighted by atomic mass is 32.2. The fraction of sp³-hybridized carbons (Fsp3) is 0.917. The number of carboxylic acid groups (broad SMARTS) is 1. The molecular weight excluding hydrogens is 270 g/mol. The molecule has 0 saturated carbocycles. The first kappa shape index (κ1) is 16.4. The molecule has 1 atom stereocenters. The van der Waals surface area contributed by atoms with Gasteiger partial charge in [0.2, 0.25) is 10.0 Å². The van der Waals surface area contributed by atoms with Crippen LogP contribution in [0, 0.1) is 0 Å². The predicted octanol–water partition coefficient (Wildman–Crippen LogP) is 1.07. The van der Waals surface area contributed by atoms with Crippen LogP contribution in [-0.2, 0) is 19.6 Å². The number of ether oxygens (including phenoxy) is 1. The van der Waals surface area contributed by atoms with E-state index in [1.165, 1.54) is 0 Å². The zero-order valence-electron chi connectivity index (χ0n) is 11.4. The van der Waals surface area contributed by atoms with E-state index in [0.29, 0.717) is 19.6 Å². The van der Waals surface area contributed by atoms with Crippen molar-refractivity contribution in [2.75, 3.05) is 25.5 Å². The summed E-state index contributed by atoms with van der Waals surface area (Å²) in [6.07, 6.45) is 3.79. The minimum absolute atomic E-state index is 0.113. The standard InChI is InChI=1S/C12H23NO5S/c1-2-18-9-10-19(16,17)13-8-6-4-3-5-7-11(13)12(14)15/h11H,2-10H2,1H3,(H,14,15). The Hall–Kier alpha value is -0.660. The van der Waals surface area contributed by atoms with E-state index in [4.69, 9.17) is 4.74 Å². The fourth-order valence-electron chi connectivity index (χ4n) is 2.26. The van der Waals surface area contributed by atoms with Gasteiger partial charge in [0.05, 0.1) is 12.4 Å². The lowest BCUT2D eigenvalue weighted by Crippen LogP contribution is -2.47. The highest BCUT2D eigenvalue weighted by Crippen LogP contribution is 2.20. The largest absolute Gasteiger partial charge is 0.480 e. The molecule has 112 valence electrons. The molecule has 1 unspecified atom stereocenters. The van der Waals surface area contributed by atoms with Gasteiger partial charge in [-0.1, -0.05) is 19.3 Å². The number of hydrogen-bond donors (Lipinski definition) is 1. The third-order valence-electron chi connectivity index (χ3n) is 3.29. The van der Waals surface area contributed by atoms with Crippen LogP contribution < -0.4 is 0 Å². The van der Waals surface area contributed by atoms with Gasteiger partial charge >= 0.3 is 5.97 Å². The molecular formula is C12H23NO5S. The topological polar surface area (TPSA) is 83.9 Å². The van der Waals surface area contributed by atoms with Gasteiger partial charge in [0.15, 0.2) is 0 Å². The van der Waals surface area contributed by atoms with Gasteiger partial charge in [-0.15, -0.1) is 0 Å². The lowest BCUT2D eigenvalue weighted by atomic mass is 10.0. The summed E-state index contributed by atoms with van der Waals surface area (Å²) in [5, 5.41) is 9.22. The number of nitrogens with zero attached hydrogens (tertiary/aromatic N) is 1. The maximum atomic E-state index is 12.2. The van der Waals surface area contributed by atoms with Crippen LogP contribution in [0.1, 0.15) is 39.0 Å². The van der Waals surface area contributed by atoms with Gasteiger partial charge in [0.1, 0.15) is 6.04 Å². The third kappa shape index (κ3) is 5.08. The Morgan fingerprint density at radius 1 is 1.32 bits per heavy atom. The first-order chi connectivity index (χ1) is 8.99. The predicted molar refractivity (Wildman–Crippen MR) is 71.5 cm³/mol. The van der Waals surface area contributed by atoms with E-state index in [0.717, 1.165) is 30.0 Å². The van der Waals surface area contributed by atoms with E-state index in [-0.39, 0.29) is 12.4 Å². The van der Waals surface area contributed by atoms with E-state index >= 15 is 0 Å². The summed E-state index contributed by atoms with van der Waals surface area (Å²) < 4.78 is 30.7. The summed E-state index contributed by atoms with van der Waals surface area (Å²) in [5.41, 5.74) is 0. The van der Waals surface area contributed by atoms with Crippen molar-refractivity contribution < 1.29 is 23.1 Å². The van der Waals surface area contributed by atoms with Crippen LogP contribution in [0.4, 0.5) is 0 Å². The van der Waals surface area contributed by atoms with Crippen LogP contribution in [0.2, 0.25) is 0 Å². The van der Waals surface area contributed by atoms with Crippen LogP contribution in [0.3, 0.4) is 0 Å². The van der Waals surface area contributed by atoms with Crippen LogP contribution >= 0.6 is 0 Å². The molecule has 1 aliphatic rings. The zero-order chi connectivity index (χ0) is 14.3. The van der Waals surface area contributed by atoms with Crippen molar-refractivity contribution in [2.24, 2.45) is 0 Å². The van der Waals surface area contributed by atoms with Crippen LogP contribution in [-0.4, -0.2) is 55.4 Å². The maximum absolute atomic E-state index is 12.2. The van der Waals surface area contributed by atoms with E-state index in [2.05, 4.69) is 0 Å². The molecule has 0 aromatic rings. The molecule has 0 aliphatic carbocycles. The molecule has 0 aromatic carbocycles.